The van der Waals surface area contributed by atoms with Crippen molar-refractivity contribution in [2.75, 3.05) is 0 Å². The zero-order valence-electron chi connectivity index (χ0n) is 17.1. The number of nitrogens with one attached hydrogen (secondary N) is 1. The molecule has 1 aromatic heterocycles. The molecule has 0 spiro atoms. The number of aryl methyl sites for hydroxylation is 2. The quantitative estimate of drug-likeness (QED) is 0.575. The predicted molar refractivity (Wildman–Crippen MR) is 111 cm³/mol. The fourth-order valence-corrected chi connectivity index (χ4v) is 4.71. The van der Waals surface area contributed by atoms with Crippen molar-refractivity contribution < 1.29 is 24.3 Å². The standard InChI is InChI=1S/C23H22N2O6/c1-12(2)11-23(21-24-22(30)31-25-21)17-7-5-15(19(26)27)9-13(17)3-4-14-10-16(20(28)29)6-8-18(14)23/h5-10,12H,3-4,11H2,1-2H3,(H,26,27)(H,28,29)(H,24,25,30). The number of H-pyrrole nitrogens is 1. The van der Waals surface area contributed by atoms with E-state index in [1.54, 1.807) is 36.4 Å². The summed E-state index contributed by atoms with van der Waals surface area (Å²) < 4.78 is 4.87. The summed E-state index contributed by atoms with van der Waals surface area (Å²) in [6, 6.07) is 9.93. The highest BCUT2D eigenvalue weighted by atomic mass is 16.5. The van der Waals surface area contributed by atoms with Crippen LogP contribution in [0, 0.1) is 5.92 Å². The zero-order chi connectivity index (χ0) is 22.3. The van der Waals surface area contributed by atoms with Crippen LogP contribution in [0.3, 0.4) is 0 Å². The molecule has 4 rings (SSSR count). The van der Waals surface area contributed by atoms with Gasteiger partial charge in [-0.15, -0.1) is 0 Å². The number of hydrogen-bond acceptors (Lipinski definition) is 5. The molecule has 0 saturated carbocycles. The van der Waals surface area contributed by atoms with Crippen LogP contribution in [0.15, 0.2) is 45.7 Å². The molecule has 8 nitrogen and oxygen atoms in total. The van der Waals surface area contributed by atoms with Gasteiger partial charge in [0.1, 0.15) is 0 Å². The molecular formula is C23H22N2O6. The van der Waals surface area contributed by atoms with Crippen molar-refractivity contribution in [3.05, 3.63) is 86.2 Å². The third-order valence-electron chi connectivity index (χ3n) is 5.85. The molecule has 3 N–H and O–H groups in total. The van der Waals surface area contributed by atoms with E-state index in [1.807, 2.05) is 13.8 Å². The van der Waals surface area contributed by atoms with E-state index in [0.29, 0.717) is 25.1 Å². The molecule has 0 atom stereocenters. The Hall–Kier alpha value is -3.68. The number of carbonyl (C=O) groups is 2. The van der Waals surface area contributed by atoms with E-state index in [1.165, 1.54) is 0 Å². The highest BCUT2D eigenvalue weighted by Gasteiger charge is 2.45. The second-order valence-corrected chi connectivity index (χ2v) is 8.30. The van der Waals surface area contributed by atoms with E-state index in [0.717, 1.165) is 22.3 Å². The Labute approximate surface area is 177 Å². The van der Waals surface area contributed by atoms with Gasteiger partial charge in [0.25, 0.3) is 0 Å². The Morgan fingerprint density at radius 2 is 1.55 bits per heavy atom. The Balaban J connectivity index is 2.10. The van der Waals surface area contributed by atoms with Crippen LogP contribution < -0.4 is 5.76 Å². The lowest BCUT2D eigenvalue weighted by molar-refractivity contribution is 0.0686. The van der Waals surface area contributed by atoms with E-state index in [-0.39, 0.29) is 17.0 Å². The average Bonchev–Trinajstić information content (AvgIpc) is 3.11. The molecule has 31 heavy (non-hydrogen) atoms. The van der Waals surface area contributed by atoms with E-state index in [9.17, 15) is 24.6 Å². The van der Waals surface area contributed by atoms with Gasteiger partial charge in [0, 0.05) is 0 Å². The predicted octanol–water partition coefficient (Wildman–Crippen LogP) is 3.24. The monoisotopic (exact) mass is 422 g/mol. The number of nitrogens with zero attached hydrogens (tertiary/aromatic N) is 1. The van der Waals surface area contributed by atoms with Crippen LogP contribution >= 0.6 is 0 Å². The fourth-order valence-electron chi connectivity index (χ4n) is 4.71. The number of aromatic nitrogens is 2. The van der Waals surface area contributed by atoms with Gasteiger partial charge in [0.05, 0.1) is 16.5 Å². The molecule has 8 heteroatoms. The maximum Gasteiger partial charge on any atom is 0.438 e. The van der Waals surface area contributed by atoms with Gasteiger partial charge in [-0.2, -0.15) is 0 Å². The molecule has 0 fully saturated rings. The molecule has 0 saturated heterocycles. The second-order valence-electron chi connectivity index (χ2n) is 8.30. The van der Waals surface area contributed by atoms with Crippen LogP contribution in [0.4, 0.5) is 0 Å². The normalized spacial score (nSPS) is 14.5. The number of carboxylic acids is 2. The SMILES string of the molecule is CC(C)CC1(c2noc(=O)[nH]2)c2ccc(C(=O)O)cc2CCc2cc(C(=O)O)ccc21. The number of hydrogen-bond donors (Lipinski definition) is 3. The van der Waals surface area contributed by atoms with E-state index >= 15 is 0 Å². The molecule has 0 radical (unpaired) electrons. The lowest BCUT2D eigenvalue weighted by Crippen LogP contribution is -2.34. The Bertz CT molecular complexity index is 1170. The minimum Gasteiger partial charge on any atom is -0.478 e. The van der Waals surface area contributed by atoms with Crippen molar-refractivity contribution in [3.63, 3.8) is 0 Å². The summed E-state index contributed by atoms with van der Waals surface area (Å²) in [5, 5.41) is 23.0. The molecule has 2 aromatic carbocycles. The van der Waals surface area contributed by atoms with Crippen LogP contribution in [0.25, 0.3) is 0 Å². The summed E-state index contributed by atoms with van der Waals surface area (Å²) >= 11 is 0. The summed E-state index contributed by atoms with van der Waals surface area (Å²) in [6.45, 7) is 4.09. The lowest BCUT2D eigenvalue weighted by atomic mass is 9.67. The molecule has 1 aliphatic rings. The first-order chi connectivity index (χ1) is 14.7. The maximum absolute atomic E-state index is 11.9. The van der Waals surface area contributed by atoms with Gasteiger partial charge in [-0.05, 0) is 71.7 Å². The minimum atomic E-state index is -1.03. The summed E-state index contributed by atoms with van der Waals surface area (Å²) in [5.74, 6) is -2.25. The Kier molecular flexibility index (Phi) is 5.00. The van der Waals surface area contributed by atoms with Gasteiger partial charge in [0.2, 0.25) is 0 Å². The number of rotatable bonds is 5. The van der Waals surface area contributed by atoms with E-state index < -0.39 is 23.1 Å². The van der Waals surface area contributed by atoms with Crippen molar-refractivity contribution >= 4 is 11.9 Å². The van der Waals surface area contributed by atoms with E-state index in [2.05, 4.69) is 10.1 Å². The summed E-state index contributed by atoms with van der Waals surface area (Å²) in [7, 11) is 0. The van der Waals surface area contributed by atoms with Crippen LogP contribution in [-0.2, 0) is 18.3 Å². The third kappa shape index (κ3) is 3.43. The molecule has 0 aliphatic heterocycles. The molecule has 160 valence electrons. The van der Waals surface area contributed by atoms with Gasteiger partial charge in [-0.3, -0.25) is 9.51 Å². The summed E-state index contributed by atoms with van der Waals surface area (Å²) in [5.41, 5.74) is 2.71. The number of aromatic carboxylic acids is 2. The molecule has 0 unspecified atom stereocenters. The van der Waals surface area contributed by atoms with Gasteiger partial charge >= 0.3 is 17.7 Å². The van der Waals surface area contributed by atoms with Gasteiger partial charge < -0.3 is 10.2 Å². The first-order valence-corrected chi connectivity index (χ1v) is 10.0. The third-order valence-corrected chi connectivity index (χ3v) is 5.85. The minimum absolute atomic E-state index is 0.164. The van der Waals surface area contributed by atoms with Crippen LogP contribution in [0.5, 0.6) is 0 Å². The number of carboxylic acid groups (broad SMARTS) is 2. The maximum atomic E-state index is 11.9. The number of fused-ring (bicyclic) bond motifs is 2. The van der Waals surface area contributed by atoms with Crippen LogP contribution in [0.1, 0.15) is 69.1 Å². The van der Waals surface area contributed by atoms with Crippen molar-refractivity contribution in [1.82, 2.24) is 10.1 Å². The summed E-state index contributed by atoms with van der Waals surface area (Å²) in [6.07, 6.45) is 1.59. The van der Waals surface area contributed by atoms with Crippen molar-refractivity contribution in [3.8, 4) is 0 Å². The Morgan fingerprint density at radius 1 is 1.03 bits per heavy atom. The van der Waals surface area contributed by atoms with E-state index in [4.69, 9.17) is 4.52 Å². The zero-order valence-corrected chi connectivity index (χ0v) is 17.1. The van der Waals surface area contributed by atoms with Gasteiger partial charge in [0.15, 0.2) is 5.82 Å². The second kappa shape index (κ2) is 7.54. The fraction of sp³-hybridized carbons (Fsp3) is 0.304. The largest absolute Gasteiger partial charge is 0.478 e. The van der Waals surface area contributed by atoms with Gasteiger partial charge in [-0.25, -0.2) is 14.4 Å². The van der Waals surface area contributed by atoms with Crippen molar-refractivity contribution in [2.45, 2.75) is 38.5 Å². The van der Waals surface area contributed by atoms with Crippen molar-refractivity contribution in [1.29, 1.82) is 0 Å². The average molecular weight is 422 g/mol. The molecular weight excluding hydrogens is 400 g/mol. The van der Waals surface area contributed by atoms with Gasteiger partial charge in [-0.1, -0.05) is 31.1 Å². The molecule has 1 heterocycles. The molecule has 1 aliphatic carbocycles. The Morgan fingerprint density at radius 3 is 1.94 bits per heavy atom. The highest BCUT2D eigenvalue weighted by Crippen LogP contribution is 2.47. The lowest BCUT2D eigenvalue weighted by Gasteiger charge is -2.35. The smallest absolute Gasteiger partial charge is 0.438 e. The van der Waals surface area contributed by atoms with Crippen molar-refractivity contribution in [2.24, 2.45) is 5.92 Å². The van der Waals surface area contributed by atoms with Crippen LogP contribution in [0.2, 0.25) is 0 Å². The number of benzene rings is 2. The first-order valence-electron chi connectivity index (χ1n) is 10.0. The molecule has 0 amide bonds. The topological polar surface area (TPSA) is 133 Å². The highest BCUT2D eigenvalue weighted by molar-refractivity contribution is 5.89. The van der Waals surface area contributed by atoms with Crippen LogP contribution in [-0.4, -0.2) is 32.3 Å². The first kappa shape index (κ1) is 20.6. The number of aromatic amines is 1. The molecule has 3 aromatic rings. The summed E-state index contributed by atoms with van der Waals surface area (Å²) in [4.78, 5) is 37.8. The molecule has 0 bridgehead atoms.